The van der Waals surface area contributed by atoms with E-state index in [1.165, 1.54) is 152 Å². The second-order valence-electron chi connectivity index (χ2n) is 29.3. The zero-order chi connectivity index (χ0) is 69.4. The van der Waals surface area contributed by atoms with Crippen LogP contribution >= 0.6 is 31.9 Å². The third-order valence-electron chi connectivity index (χ3n) is 21.1. The van der Waals surface area contributed by atoms with Crippen LogP contribution < -0.4 is 5.46 Å². The van der Waals surface area contributed by atoms with Crippen LogP contribution in [-0.4, -0.2) is 30.9 Å². The minimum absolute atomic E-state index is 0. The predicted octanol–water partition coefficient (Wildman–Crippen LogP) is 25.9. The van der Waals surface area contributed by atoms with E-state index in [1.807, 2.05) is 36.4 Å². The summed E-state index contributed by atoms with van der Waals surface area (Å²) in [6, 6.07) is 110. The van der Waals surface area contributed by atoms with Crippen LogP contribution in [0.1, 0.15) is 60.1 Å². The van der Waals surface area contributed by atoms with Crippen LogP contribution in [0.2, 0.25) is 0 Å². The molecule has 0 saturated heterocycles. The van der Waals surface area contributed by atoms with Crippen molar-refractivity contribution in [2.45, 2.75) is 59.8 Å². The first-order chi connectivity index (χ1) is 49.5. The Morgan fingerprint density at radius 1 is 0.272 bits per heavy atom. The van der Waals surface area contributed by atoms with Crippen LogP contribution in [0.25, 0.3) is 169 Å². The second kappa shape index (κ2) is 25.3. The summed E-state index contributed by atoms with van der Waals surface area (Å²) in [6.45, 7) is 13.7. The fourth-order valence-corrected chi connectivity index (χ4v) is 17.5. The van der Waals surface area contributed by atoms with Gasteiger partial charge in [0.2, 0.25) is 0 Å². The molecule has 0 spiro atoms. The van der Waals surface area contributed by atoms with Crippen molar-refractivity contribution in [3.05, 3.63) is 323 Å². The number of fused-ring (bicyclic) bond motifs is 9. The van der Waals surface area contributed by atoms with E-state index in [-0.39, 0.29) is 18.3 Å². The molecule has 103 heavy (non-hydrogen) atoms. The topological polar surface area (TPSA) is 55.2 Å². The van der Waals surface area contributed by atoms with Crippen LogP contribution in [0.15, 0.2) is 312 Å². The highest BCUT2D eigenvalue weighted by Gasteiger charge is 2.24. The van der Waals surface area contributed by atoms with E-state index in [2.05, 4.69) is 342 Å². The summed E-state index contributed by atoms with van der Waals surface area (Å²) in [4.78, 5) is 0. The molecule has 2 N–H and O–H groups in total. The third kappa shape index (κ3) is 11.0. The number of hydrogen-bond acceptors (Lipinski definition) is 2. The quantitative estimate of drug-likeness (QED) is 0.129. The first-order valence-corrected chi connectivity index (χ1v) is 36.6. The standard InChI is InChI=1S/C56H40N2.C20H16Br2.C18H14BNO2.CH4/c1-56(2,3)39-32-37-24-30-46-48(35-20-26-40(27-21-35)57-50-16-8-4-12-42(50)43-13-5-9-17-51(43)57)34-49(47-31-25-38(33-39)54(37)55(46)47)36-22-28-41(29-23-36)58-52-18-10-6-14-44(52)45-15-7-11-19-53(45)58;1-20(2,3)13-8-11-4-6-14-16(21)10-17(22)15-7-5-12(9-13)18(11)19(14)15;21-19(22)13-9-11-14(12-10-13)20-17-7-3-1-5-15(17)16-6-2-4-8-18(16)20;/h4-34H,1-3H3;4-10H,1-3H3;1-12,21-22H;1H4. The van der Waals surface area contributed by atoms with E-state index in [0.717, 1.165) is 37.0 Å². The molecular weight excluding hydrogens is 1390 g/mol. The molecule has 5 nitrogen and oxygen atoms in total. The summed E-state index contributed by atoms with van der Waals surface area (Å²) in [7, 11) is -1.44. The Morgan fingerprint density at radius 2 is 0.534 bits per heavy atom. The molecule has 0 amide bonds. The van der Waals surface area contributed by atoms with Crippen molar-refractivity contribution in [1.29, 1.82) is 0 Å². The molecule has 0 aliphatic heterocycles. The Bertz CT molecular complexity index is 6230. The summed E-state index contributed by atoms with van der Waals surface area (Å²) in [5.74, 6) is 0. The van der Waals surface area contributed by atoms with Crippen molar-refractivity contribution < 1.29 is 10.0 Å². The van der Waals surface area contributed by atoms with Gasteiger partial charge in [-0.3, -0.25) is 0 Å². The first kappa shape index (κ1) is 65.5. The summed E-state index contributed by atoms with van der Waals surface area (Å²) in [5, 5.41) is 41.8. The summed E-state index contributed by atoms with van der Waals surface area (Å²) in [6.07, 6.45) is 0. The zero-order valence-electron chi connectivity index (χ0n) is 57.4. The van der Waals surface area contributed by atoms with Crippen molar-refractivity contribution in [2.75, 3.05) is 0 Å². The van der Waals surface area contributed by atoms with Crippen molar-refractivity contribution in [1.82, 2.24) is 13.7 Å². The maximum atomic E-state index is 9.24. The molecule has 20 aromatic rings. The van der Waals surface area contributed by atoms with Gasteiger partial charge in [0.05, 0.1) is 33.1 Å². The minimum Gasteiger partial charge on any atom is -0.423 e. The van der Waals surface area contributed by atoms with Crippen molar-refractivity contribution in [3.8, 4) is 39.3 Å². The van der Waals surface area contributed by atoms with E-state index < -0.39 is 7.12 Å². The summed E-state index contributed by atoms with van der Waals surface area (Å²) < 4.78 is 9.27. The largest absolute Gasteiger partial charge is 0.488 e. The molecular formula is C95H74BBr2N3O2. The lowest BCUT2D eigenvalue weighted by Crippen LogP contribution is -2.29. The molecule has 0 bridgehead atoms. The third-order valence-corrected chi connectivity index (χ3v) is 22.4. The Hall–Kier alpha value is -10.8. The van der Waals surface area contributed by atoms with Crippen LogP contribution in [0.5, 0.6) is 0 Å². The number of aromatic nitrogens is 3. The normalized spacial score (nSPS) is 12.1. The molecule has 0 unspecified atom stereocenters. The Labute approximate surface area is 616 Å². The molecule has 8 heteroatoms. The van der Waals surface area contributed by atoms with Gasteiger partial charge in [-0.25, -0.2) is 0 Å². The van der Waals surface area contributed by atoms with Gasteiger partial charge in [-0.1, -0.05) is 299 Å². The van der Waals surface area contributed by atoms with Crippen LogP contribution in [-0.2, 0) is 10.8 Å². The van der Waals surface area contributed by atoms with Crippen molar-refractivity contribution >= 4 is 174 Å². The van der Waals surface area contributed by atoms with Gasteiger partial charge in [0.25, 0.3) is 0 Å². The molecule has 0 saturated carbocycles. The Morgan fingerprint density at radius 3 is 0.816 bits per heavy atom. The van der Waals surface area contributed by atoms with Crippen molar-refractivity contribution in [2.24, 2.45) is 0 Å². The fourth-order valence-electron chi connectivity index (χ4n) is 16.1. The van der Waals surface area contributed by atoms with E-state index >= 15 is 0 Å². The minimum atomic E-state index is -1.44. The van der Waals surface area contributed by atoms with Crippen LogP contribution in [0.3, 0.4) is 0 Å². The fraction of sp³-hybridized carbons (Fsp3) is 0.0947. The molecule has 3 aromatic heterocycles. The van der Waals surface area contributed by atoms with Crippen LogP contribution in [0.4, 0.5) is 0 Å². The summed E-state index contributed by atoms with van der Waals surface area (Å²) in [5.41, 5.74) is 18.9. The highest BCUT2D eigenvalue weighted by atomic mass is 79.9. The van der Waals surface area contributed by atoms with Gasteiger partial charge >= 0.3 is 7.12 Å². The zero-order valence-corrected chi connectivity index (χ0v) is 60.6. The highest BCUT2D eigenvalue weighted by Crippen LogP contribution is 2.48. The lowest BCUT2D eigenvalue weighted by Gasteiger charge is -2.23. The maximum absolute atomic E-state index is 9.24. The SMILES string of the molecule is C.CC(C)(C)c1cc2ccc3c(-c4ccc(-n5c6ccccc6c6ccccc65)cc4)cc(-c4ccc(-n5c6ccccc6c6ccccc65)cc4)c4ccc(c1)c2c34.CC(C)(C)c1cc2ccc3c(Br)cc(Br)c4ccc(c1)c2c34.OB(O)c1ccc(-n2c3ccccc3c3ccccc32)cc1. The molecule has 498 valence electrons. The lowest BCUT2D eigenvalue weighted by molar-refractivity contribution is 0.426. The maximum Gasteiger partial charge on any atom is 0.488 e. The molecule has 0 fully saturated rings. The Kier molecular flexibility index (Phi) is 16.1. The van der Waals surface area contributed by atoms with Gasteiger partial charge < -0.3 is 23.7 Å². The number of nitrogens with zero attached hydrogens (tertiary/aromatic N) is 3. The first-order valence-electron chi connectivity index (χ1n) is 35.0. The van der Waals surface area contributed by atoms with Gasteiger partial charge in [0, 0.05) is 58.3 Å². The predicted molar refractivity (Wildman–Crippen MR) is 450 cm³/mol. The van der Waals surface area contributed by atoms with Gasteiger partial charge in [0.15, 0.2) is 0 Å². The number of halogens is 2. The number of benzene rings is 17. The lowest BCUT2D eigenvalue weighted by atomic mass is 9.80. The molecule has 0 atom stereocenters. The van der Waals surface area contributed by atoms with E-state index in [4.69, 9.17) is 0 Å². The van der Waals surface area contributed by atoms with E-state index in [1.54, 1.807) is 12.1 Å². The molecule has 20 rings (SSSR count). The van der Waals surface area contributed by atoms with Gasteiger partial charge in [0.1, 0.15) is 0 Å². The van der Waals surface area contributed by atoms with Gasteiger partial charge in [-0.2, -0.15) is 0 Å². The number of hydrogen-bond donors (Lipinski definition) is 2. The second-order valence-corrected chi connectivity index (χ2v) is 31.0. The molecule has 17 aromatic carbocycles. The van der Waals surface area contributed by atoms with E-state index in [9.17, 15) is 10.0 Å². The van der Waals surface area contributed by atoms with Gasteiger partial charge in [-0.05, 0) is 199 Å². The smallest absolute Gasteiger partial charge is 0.423 e. The molecule has 0 aliphatic carbocycles. The molecule has 0 aliphatic rings. The van der Waals surface area contributed by atoms with Crippen LogP contribution in [0, 0.1) is 0 Å². The highest BCUT2D eigenvalue weighted by molar-refractivity contribution is 9.11. The summed E-state index contributed by atoms with van der Waals surface area (Å²) >= 11 is 7.42. The van der Waals surface area contributed by atoms with Crippen molar-refractivity contribution in [3.63, 3.8) is 0 Å². The average Bonchev–Trinajstić information content (AvgIpc) is 1.71. The Balaban J connectivity index is 0.000000142. The molecule has 0 radical (unpaired) electrons. The van der Waals surface area contributed by atoms with Gasteiger partial charge in [-0.15, -0.1) is 0 Å². The average molecular weight is 1460 g/mol. The molecule has 3 heterocycles. The van der Waals surface area contributed by atoms with E-state index in [0.29, 0.717) is 5.46 Å². The number of rotatable bonds is 6. The number of para-hydroxylation sites is 6. The monoisotopic (exact) mass is 1460 g/mol.